The zero-order valence-corrected chi connectivity index (χ0v) is 9.20. The van der Waals surface area contributed by atoms with E-state index >= 15 is 0 Å². The molecule has 0 fully saturated rings. The van der Waals surface area contributed by atoms with E-state index in [9.17, 15) is 0 Å². The Hall–Kier alpha value is -0.830. The van der Waals surface area contributed by atoms with E-state index in [2.05, 4.69) is 19.1 Å². The third kappa shape index (κ3) is 30.3. The maximum Gasteiger partial charge on any atom is 0.300 e. The summed E-state index contributed by atoms with van der Waals surface area (Å²) in [6.07, 6.45) is 10.1. The van der Waals surface area contributed by atoms with E-state index in [1.54, 1.807) is 0 Å². The summed E-state index contributed by atoms with van der Waals surface area (Å²) in [5.74, 6) is -0.833. The van der Waals surface area contributed by atoms with Crippen LogP contribution in [0.15, 0.2) is 12.2 Å². The van der Waals surface area contributed by atoms with Crippen molar-refractivity contribution in [1.29, 1.82) is 0 Å². The topological polar surface area (TPSA) is 57.5 Å². The third-order valence-corrected chi connectivity index (χ3v) is 1.44. The standard InChI is InChI=1S/C9H18O.C2H4O2/c1-2-3-4-5-6-7-8-9-10;1-2(3)4/h6-7,10H,2-5,8-9H2,1H3;1H3,(H,3,4). The second-order valence-electron chi connectivity index (χ2n) is 3.00. The first-order valence-electron chi connectivity index (χ1n) is 5.10. The van der Waals surface area contributed by atoms with Crippen molar-refractivity contribution in [3.8, 4) is 0 Å². The Balaban J connectivity index is 0. The Morgan fingerprint density at radius 1 is 1.21 bits per heavy atom. The van der Waals surface area contributed by atoms with Gasteiger partial charge in [-0.15, -0.1) is 0 Å². The van der Waals surface area contributed by atoms with Gasteiger partial charge in [-0.3, -0.25) is 4.79 Å². The monoisotopic (exact) mass is 202 g/mol. The summed E-state index contributed by atoms with van der Waals surface area (Å²) in [5, 5.41) is 15.8. The van der Waals surface area contributed by atoms with Gasteiger partial charge in [0.1, 0.15) is 0 Å². The molecule has 0 bridgehead atoms. The lowest BCUT2D eigenvalue weighted by Gasteiger charge is -1.90. The number of rotatable bonds is 6. The summed E-state index contributed by atoms with van der Waals surface area (Å²) in [4.78, 5) is 9.00. The summed E-state index contributed by atoms with van der Waals surface area (Å²) >= 11 is 0. The number of carboxylic acid groups (broad SMARTS) is 1. The van der Waals surface area contributed by atoms with Gasteiger partial charge in [0, 0.05) is 13.5 Å². The molecule has 14 heavy (non-hydrogen) atoms. The van der Waals surface area contributed by atoms with E-state index in [0.29, 0.717) is 0 Å². The van der Waals surface area contributed by atoms with E-state index in [1.807, 2.05) is 0 Å². The van der Waals surface area contributed by atoms with Crippen molar-refractivity contribution in [2.24, 2.45) is 0 Å². The van der Waals surface area contributed by atoms with Crippen LogP contribution in [0.3, 0.4) is 0 Å². The molecule has 0 heterocycles. The van der Waals surface area contributed by atoms with Gasteiger partial charge in [-0.1, -0.05) is 31.9 Å². The molecule has 0 rings (SSSR count). The van der Waals surface area contributed by atoms with Gasteiger partial charge in [0.25, 0.3) is 5.97 Å². The first-order chi connectivity index (χ1) is 6.65. The van der Waals surface area contributed by atoms with Gasteiger partial charge in [-0.05, 0) is 19.3 Å². The molecule has 0 atom stereocenters. The second kappa shape index (κ2) is 14.7. The molecule has 0 spiro atoms. The first-order valence-corrected chi connectivity index (χ1v) is 5.10. The minimum Gasteiger partial charge on any atom is -0.481 e. The molecule has 0 aliphatic heterocycles. The molecule has 0 aliphatic carbocycles. The average molecular weight is 202 g/mol. The minimum absolute atomic E-state index is 0.282. The van der Waals surface area contributed by atoms with E-state index in [-0.39, 0.29) is 6.61 Å². The van der Waals surface area contributed by atoms with Crippen molar-refractivity contribution in [1.82, 2.24) is 0 Å². The SMILES string of the molecule is CC(=O)O.CCCCCC=CCCO. The molecule has 0 saturated carbocycles. The maximum absolute atomic E-state index is 9.00. The average Bonchev–Trinajstić information content (AvgIpc) is 2.10. The molecule has 3 heteroatoms. The van der Waals surface area contributed by atoms with E-state index in [0.717, 1.165) is 13.3 Å². The third-order valence-electron chi connectivity index (χ3n) is 1.44. The number of aliphatic carboxylic acids is 1. The highest BCUT2D eigenvalue weighted by Crippen LogP contribution is 1.99. The molecule has 0 aliphatic rings. The Morgan fingerprint density at radius 2 is 1.71 bits per heavy atom. The van der Waals surface area contributed by atoms with Crippen LogP contribution in [0.5, 0.6) is 0 Å². The van der Waals surface area contributed by atoms with Gasteiger partial charge in [-0.2, -0.15) is 0 Å². The molecular weight excluding hydrogens is 180 g/mol. The summed E-state index contributed by atoms with van der Waals surface area (Å²) in [7, 11) is 0. The molecule has 0 amide bonds. The van der Waals surface area contributed by atoms with Crippen LogP contribution in [0.1, 0.15) is 46.0 Å². The molecule has 84 valence electrons. The van der Waals surface area contributed by atoms with Crippen LogP contribution in [0.25, 0.3) is 0 Å². The molecular formula is C11H22O3. The molecule has 0 aromatic carbocycles. The van der Waals surface area contributed by atoms with Crippen molar-refractivity contribution in [3.63, 3.8) is 0 Å². The molecule has 0 radical (unpaired) electrons. The van der Waals surface area contributed by atoms with Gasteiger partial charge in [-0.25, -0.2) is 0 Å². The van der Waals surface area contributed by atoms with Crippen molar-refractivity contribution in [3.05, 3.63) is 12.2 Å². The Kier molecular flexibility index (Phi) is 16.4. The first kappa shape index (κ1) is 15.6. The Morgan fingerprint density at radius 3 is 2.14 bits per heavy atom. The minimum atomic E-state index is -0.833. The largest absolute Gasteiger partial charge is 0.481 e. The number of carboxylic acids is 1. The van der Waals surface area contributed by atoms with Gasteiger partial charge in [0.15, 0.2) is 0 Å². The number of allylic oxidation sites excluding steroid dienone is 1. The Labute approximate surface area is 86.5 Å². The van der Waals surface area contributed by atoms with Gasteiger partial charge >= 0.3 is 0 Å². The maximum atomic E-state index is 9.00. The number of unbranched alkanes of at least 4 members (excludes halogenated alkanes) is 3. The number of aliphatic hydroxyl groups excluding tert-OH is 1. The van der Waals surface area contributed by atoms with Crippen LogP contribution in [0.2, 0.25) is 0 Å². The fraction of sp³-hybridized carbons (Fsp3) is 0.727. The summed E-state index contributed by atoms with van der Waals surface area (Å²) < 4.78 is 0. The van der Waals surface area contributed by atoms with Crippen molar-refractivity contribution in [2.45, 2.75) is 46.0 Å². The number of aliphatic hydroxyl groups is 1. The molecule has 0 saturated heterocycles. The highest BCUT2D eigenvalue weighted by Gasteiger charge is 1.80. The van der Waals surface area contributed by atoms with Gasteiger partial charge < -0.3 is 10.2 Å². The molecule has 3 nitrogen and oxygen atoms in total. The molecule has 0 unspecified atom stereocenters. The molecule has 0 aromatic heterocycles. The lowest BCUT2D eigenvalue weighted by atomic mass is 10.2. The van der Waals surface area contributed by atoms with Crippen molar-refractivity contribution in [2.75, 3.05) is 6.61 Å². The number of hydrogen-bond acceptors (Lipinski definition) is 2. The molecule has 0 aromatic rings. The normalized spacial score (nSPS) is 9.64. The molecule has 2 N–H and O–H groups in total. The predicted octanol–water partition coefficient (Wildman–Crippen LogP) is 2.60. The van der Waals surface area contributed by atoms with Crippen LogP contribution >= 0.6 is 0 Å². The van der Waals surface area contributed by atoms with E-state index in [1.165, 1.54) is 25.7 Å². The van der Waals surface area contributed by atoms with Crippen LogP contribution < -0.4 is 0 Å². The summed E-state index contributed by atoms with van der Waals surface area (Å²) in [6.45, 7) is 3.57. The quantitative estimate of drug-likeness (QED) is 0.514. The highest BCUT2D eigenvalue weighted by molar-refractivity contribution is 5.62. The Bertz CT molecular complexity index is 137. The summed E-state index contributed by atoms with van der Waals surface area (Å²) in [6, 6.07) is 0. The highest BCUT2D eigenvalue weighted by atomic mass is 16.4. The van der Waals surface area contributed by atoms with Crippen molar-refractivity contribution >= 4 is 5.97 Å². The summed E-state index contributed by atoms with van der Waals surface area (Å²) in [5.41, 5.74) is 0. The van der Waals surface area contributed by atoms with E-state index < -0.39 is 5.97 Å². The number of carbonyl (C=O) groups is 1. The lowest BCUT2D eigenvalue weighted by Crippen LogP contribution is -1.78. The van der Waals surface area contributed by atoms with Crippen LogP contribution in [-0.4, -0.2) is 22.8 Å². The fourth-order valence-corrected chi connectivity index (χ4v) is 0.822. The smallest absolute Gasteiger partial charge is 0.300 e. The fourth-order valence-electron chi connectivity index (χ4n) is 0.822. The zero-order chi connectivity index (χ0) is 11.2. The lowest BCUT2D eigenvalue weighted by molar-refractivity contribution is -0.134. The van der Waals surface area contributed by atoms with Gasteiger partial charge in [0.05, 0.1) is 0 Å². The van der Waals surface area contributed by atoms with Crippen molar-refractivity contribution < 1.29 is 15.0 Å². The van der Waals surface area contributed by atoms with Crippen LogP contribution in [0.4, 0.5) is 0 Å². The van der Waals surface area contributed by atoms with Crippen LogP contribution in [-0.2, 0) is 4.79 Å². The van der Waals surface area contributed by atoms with E-state index in [4.69, 9.17) is 15.0 Å². The second-order valence-corrected chi connectivity index (χ2v) is 3.00. The predicted molar refractivity (Wildman–Crippen MR) is 58.3 cm³/mol. The zero-order valence-electron chi connectivity index (χ0n) is 9.20. The van der Waals surface area contributed by atoms with Gasteiger partial charge in [0.2, 0.25) is 0 Å². The van der Waals surface area contributed by atoms with Crippen LogP contribution in [0, 0.1) is 0 Å². The number of hydrogen-bond donors (Lipinski definition) is 2.